The number of H-pyrrole nitrogens is 1. The highest BCUT2D eigenvalue weighted by molar-refractivity contribution is 6.14. The van der Waals surface area contributed by atoms with Crippen molar-refractivity contribution in [2.24, 2.45) is 0 Å². The molecule has 0 bridgehead atoms. The van der Waals surface area contributed by atoms with Gasteiger partial charge in [0.1, 0.15) is 7.85 Å². The lowest BCUT2D eigenvalue weighted by Crippen LogP contribution is -1.99. The van der Waals surface area contributed by atoms with Crippen molar-refractivity contribution in [1.29, 1.82) is 0 Å². The molecule has 3 rings (SSSR count). The lowest BCUT2D eigenvalue weighted by Gasteiger charge is -2.11. The Morgan fingerprint density at radius 1 is 0.864 bits per heavy atom. The van der Waals surface area contributed by atoms with E-state index in [1.807, 2.05) is 6.20 Å². The maximum atomic E-state index is 3.89. The molecule has 112 valence electrons. The van der Waals surface area contributed by atoms with Crippen molar-refractivity contribution in [2.45, 2.75) is 25.6 Å². The quantitative estimate of drug-likeness (QED) is 0.727. The summed E-state index contributed by atoms with van der Waals surface area (Å²) in [6.45, 7) is 4.26. The summed E-state index contributed by atoms with van der Waals surface area (Å²) in [5, 5.41) is 0. The molecule has 0 fully saturated rings. The molecule has 0 saturated carbocycles. The Balaban J connectivity index is 0.000000188. The molecule has 0 aliphatic carbocycles. The fourth-order valence-electron chi connectivity index (χ4n) is 2.26. The van der Waals surface area contributed by atoms with Gasteiger partial charge in [-0.3, -0.25) is 0 Å². The summed E-state index contributed by atoms with van der Waals surface area (Å²) in [6.07, 6.45) is 3.56. The first kappa shape index (κ1) is 16.1. The molecule has 0 amide bonds. The highest BCUT2D eigenvalue weighted by Crippen LogP contribution is 2.20. The summed E-state index contributed by atoms with van der Waals surface area (Å²) < 4.78 is 0. The molecule has 0 radical (unpaired) electrons. The number of hydrogen-bond acceptors (Lipinski definition) is 1. The van der Waals surface area contributed by atoms with Gasteiger partial charge in [-0.05, 0) is 22.9 Å². The summed E-state index contributed by atoms with van der Waals surface area (Å²) in [4.78, 5) is 6.91. The van der Waals surface area contributed by atoms with Crippen LogP contribution in [0.2, 0.25) is 0 Å². The first-order valence-electron chi connectivity index (χ1n) is 7.76. The minimum absolute atomic E-state index is 0.484. The summed E-state index contributed by atoms with van der Waals surface area (Å²) >= 11 is 0. The monoisotopic (exact) mass is 290 g/mol. The predicted molar refractivity (Wildman–Crippen MR) is 95.9 cm³/mol. The SMILES string of the molecule is BC(c1ccccc1)c1ccccc1.CC(C)c1cnc[nH]1. The molecule has 22 heavy (non-hydrogen) atoms. The summed E-state index contributed by atoms with van der Waals surface area (Å²) in [7, 11) is 2.24. The molecular formula is C19H23BN2. The zero-order valence-electron chi connectivity index (χ0n) is 13.5. The summed E-state index contributed by atoms with van der Waals surface area (Å²) in [6, 6.07) is 21.2. The zero-order valence-corrected chi connectivity index (χ0v) is 13.5. The van der Waals surface area contributed by atoms with Gasteiger partial charge in [-0.25, -0.2) is 4.98 Å². The molecular weight excluding hydrogens is 267 g/mol. The van der Waals surface area contributed by atoms with Crippen LogP contribution < -0.4 is 0 Å². The van der Waals surface area contributed by atoms with E-state index in [4.69, 9.17) is 0 Å². The number of rotatable bonds is 3. The molecule has 0 aliphatic rings. The molecule has 0 unspecified atom stereocenters. The van der Waals surface area contributed by atoms with Crippen LogP contribution in [0.15, 0.2) is 73.2 Å². The van der Waals surface area contributed by atoms with E-state index in [0.717, 1.165) is 0 Å². The van der Waals surface area contributed by atoms with Crippen LogP contribution in [0.25, 0.3) is 0 Å². The van der Waals surface area contributed by atoms with Crippen LogP contribution in [-0.2, 0) is 0 Å². The van der Waals surface area contributed by atoms with Gasteiger partial charge >= 0.3 is 0 Å². The van der Waals surface area contributed by atoms with E-state index in [-0.39, 0.29) is 0 Å². The highest BCUT2D eigenvalue weighted by atomic mass is 14.9. The third-order valence-corrected chi connectivity index (χ3v) is 3.74. The maximum Gasteiger partial charge on any atom is 0.116 e. The molecule has 0 atom stereocenters. The predicted octanol–water partition coefficient (Wildman–Crippen LogP) is 3.94. The largest absolute Gasteiger partial charge is 0.348 e. The first-order valence-corrected chi connectivity index (χ1v) is 7.76. The number of aromatic amines is 1. The van der Waals surface area contributed by atoms with E-state index in [1.165, 1.54) is 16.8 Å². The van der Waals surface area contributed by atoms with Gasteiger partial charge in [0.15, 0.2) is 0 Å². The van der Waals surface area contributed by atoms with Gasteiger partial charge in [-0.15, -0.1) is 0 Å². The molecule has 1 aromatic heterocycles. The number of imidazole rings is 1. The van der Waals surface area contributed by atoms with Gasteiger partial charge < -0.3 is 4.98 Å². The Kier molecular flexibility index (Phi) is 6.02. The second-order valence-electron chi connectivity index (χ2n) is 5.70. The van der Waals surface area contributed by atoms with Gasteiger partial charge in [0.25, 0.3) is 0 Å². The maximum absolute atomic E-state index is 3.89. The number of hydrogen-bond donors (Lipinski definition) is 1. The molecule has 3 aromatic rings. The van der Waals surface area contributed by atoms with E-state index < -0.39 is 0 Å². The normalized spacial score (nSPS) is 10.4. The lowest BCUT2D eigenvalue weighted by atomic mass is 9.76. The fraction of sp³-hybridized carbons (Fsp3) is 0.211. The average Bonchev–Trinajstić information content (AvgIpc) is 3.11. The van der Waals surface area contributed by atoms with E-state index in [1.54, 1.807) is 6.33 Å². The minimum atomic E-state index is 0.484. The number of aromatic nitrogens is 2. The van der Waals surface area contributed by atoms with Gasteiger partial charge in [0, 0.05) is 11.9 Å². The van der Waals surface area contributed by atoms with Gasteiger partial charge in [0.2, 0.25) is 0 Å². The van der Waals surface area contributed by atoms with E-state index in [9.17, 15) is 0 Å². The van der Waals surface area contributed by atoms with E-state index in [2.05, 4.69) is 92.3 Å². The third kappa shape index (κ3) is 4.62. The van der Waals surface area contributed by atoms with Crippen LogP contribution in [0, 0.1) is 0 Å². The highest BCUT2D eigenvalue weighted by Gasteiger charge is 2.05. The Bertz CT molecular complexity index is 594. The summed E-state index contributed by atoms with van der Waals surface area (Å²) in [5.74, 6) is 1.05. The van der Waals surface area contributed by atoms with Crippen molar-refractivity contribution in [1.82, 2.24) is 9.97 Å². The van der Waals surface area contributed by atoms with Crippen molar-refractivity contribution >= 4 is 7.85 Å². The number of nitrogens with one attached hydrogen (secondary N) is 1. The Hall–Kier alpha value is -2.29. The Morgan fingerprint density at radius 2 is 1.36 bits per heavy atom. The van der Waals surface area contributed by atoms with Crippen molar-refractivity contribution in [2.75, 3.05) is 0 Å². The minimum Gasteiger partial charge on any atom is -0.348 e. The fourth-order valence-corrected chi connectivity index (χ4v) is 2.26. The molecule has 1 N–H and O–H groups in total. The van der Waals surface area contributed by atoms with Crippen LogP contribution in [0.1, 0.15) is 42.4 Å². The Morgan fingerprint density at radius 3 is 1.68 bits per heavy atom. The van der Waals surface area contributed by atoms with Crippen LogP contribution in [0.3, 0.4) is 0 Å². The molecule has 2 nitrogen and oxygen atoms in total. The van der Waals surface area contributed by atoms with Crippen molar-refractivity contribution in [3.63, 3.8) is 0 Å². The van der Waals surface area contributed by atoms with Gasteiger partial charge in [0.05, 0.1) is 6.33 Å². The summed E-state index contributed by atoms with van der Waals surface area (Å²) in [5.41, 5.74) is 3.95. The van der Waals surface area contributed by atoms with Crippen molar-refractivity contribution in [3.8, 4) is 0 Å². The Labute approximate surface area is 134 Å². The standard InChI is InChI=1S/C13H13B.C6H10N2/c14-13(11-7-3-1-4-8-11)12-9-5-2-6-10-12;1-5(2)6-3-7-4-8-6/h1-10,13H,14H2;3-5H,1-2H3,(H,7,8). The van der Waals surface area contributed by atoms with Crippen molar-refractivity contribution in [3.05, 3.63) is 90.0 Å². The molecule has 0 saturated heterocycles. The van der Waals surface area contributed by atoms with Crippen LogP contribution in [0.4, 0.5) is 0 Å². The van der Waals surface area contributed by atoms with Crippen molar-refractivity contribution < 1.29 is 0 Å². The molecule has 2 aromatic carbocycles. The van der Waals surface area contributed by atoms with Gasteiger partial charge in [-0.1, -0.05) is 74.5 Å². The molecule has 3 heteroatoms. The van der Waals surface area contributed by atoms with Crippen LogP contribution in [0.5, 0.6) is 0 Å². The van der Waals surface area contributed by atoms with Gasteiger partial charge in [-0.2, -0.15) is 0 Å². The number of nitrogens with zero attached hydrogens (tertiary/aromatic N) is 1. The smallest absolute Gasteiger partial charge is 0.116 e. The molecule has 0 spiro atoms. The average molecular weight is 290 g/mol. The second kappa shape index (κ2) is 8.23. The lowest BCUT2D eigenvalue weighted by molar-refractivity contribution is 0.832. The third-order valence-electron chi connectivity index (χ3n) is 3.74. The molecule has 0 aliphatic heterocycles. The second-order valence-corrected chi connectivity index (χ2v) is 5.70. The first-order chi connectivity index (χ1) is 10.7. The van der Waals surface area contributed by atoms with Crippen LogP contribution >= 0.6 is 0 Å². The molecule has 1 heterocycles. The van der Waals surface area contributed by atoms with E-state index >= 15 is 0 Å². The topological polar surface area (TPSA) is 28.7 Å². The zero-order chi connectivity index (χ0) is 15.8. The van der Waals surface area contributed by atoms with Crippen LogP contribution in [-0.4, -0.2) is 17.8 Å². The number of benzene rings is 2. The van der Waals surface area contributed by atoms with E-state index in [0.29, 0.717) is 11.7 Å².